The maximum absolute atomic E-state index is 12.3. The number of anilines is 1. The molecule has 1 aliphatic heterocycles. The monoisotopic (exact) mass is 331 g/mol. The van der Waals surface area contributed by atoms with Crippen molar-refractivity contribution in [3.8, 4) is 5.75 Å². The Bertz CT molecular complexity index is 682. The number of aryl methyl sites for hydroxylation is 1. The van der Waals surface area contributed by atoms with Crippen molar-refractivity contribution in [3.05, 3.63) is 57.6 Å². The second-order valence-corrected chi connectivity index (χ2v) is 5.60. The molecule has 0 fully saturated rings. The van der Waals surface area contributed by atoms with Gasteiger partial charge in [-0.2, -0.15) is 0 Å². The molecule has 0 saturated carbocycles. The summed E-state index contributed by atoms with van der Waals surface area (Å²) >= 11 is 3.50. The van der Waals surface area contributed by atoms with Crippen molar-refractivity contribution >= 4 is 27.5 Å². The number of halogens is 1. The number of amides is 1. The van der Waals surface area contributed by atoms with Crippen LogP contribution in [0.5, 0.6) is 5.75 Å². The summed E-state index contributed by atoms with van der Waals surface area (Å²) in [6, 6.07) is 11.4. The van der Waals surface area contributed by atoms with Crippen molar-refractivity contribution < 1.29 is 9.53 Å². The van der Waals surface area contributed by atoms with Crippen LogP contribution in [-0.2, 0) is 6.42 Å². The van der Waals surface area contributed by atoms with Crippen LogP contribution < -0.4 is 10.1 Å². The highest BCUT2D eigenvalue weighted by atomic mass is 79.9. The third-order valence-electron chi connectivity index (χ3n) is 3.39. The van der Waals surface area contributed by atoms with Crippen LogP contribution in [0.2, 0.25) is 0 Å². The van der Waals surface area contributed by atoms with Gasteiger partial charge >= 0.3 is 0 Å². The van der Waals surface area contributed by atoms with Crippen LogP contribution in [0.4, 0.5) is 5.69 Å². The number of carbonyl (C=O) groups is 1. The molecule has 4 heteroatoms. The van der Waals surface area contributed by atoms with Crippen LogP contribution in [0.3, 0.4) is 0 Å². The maximum atomic E-state index is 12.3. The third-order valence-corrected chi connectivity index (χ3v) is 4.44. The molecule has 1 heterocycles. The second-order valence-electron chi connectivity index (χ2n) is 4.81. The Morgan fingerprint density at radius 2 is 2.15 bits per heavy atom. The Hall–Kier alpha value is -1.81. The maximum Gasteiger partial charge on any atom is 0.255 e. The van der Waals surface area contributed by atoms with E-state index in [4.69, 9.17) is 4.74 Å². The summed E-state index contributed by atoms with van der Waals surface area (Å²) < 4.78 is 6.36. The van der Waals surface area contributed by atoms with E-state index in [-0.39, 0.29) is 5.91 Å². The highest BCUT2D eigenvalue weighted by Crippen LogP contribution is 2.28. The average molecular weight is 332 g/mol. The van der Waals surface area contributed by atoms with Gasteiger partial charge in [0.2, 0.25) is 0 Å². The summed E-state index contributed by atoms with van der Waals surface area (Å²) in [6.07, 6.45) is 0.866. The number of carbonyl (C=O) groups excluding carboxylic acids is 1. The molecule has 102 valence electrons. The first-order valence-corrected chi connectivity index (χ1v) is 7.26. The van der Waals surface area contributed by atoms with Gasteiger partial charge < -0.3 is 10.1 Å². The number of hydrogen-bond donors (Lipinski definition) is 1. The molecule has 0 unspecified atom stereocenters. The predicted octanol–water partition coefficient (Wildman–Crippen LogP) is 3.94. The fraction of sp³-hybridized carbons (Fsp3) is 0.188. The molecule has 3 rings (SSSR count). The molecule has 0 aromatic heterocycles. The van der Waals surface area contributed by atoms with Crippen molar-refractivity contribution in [2.24, 2.45) is 0 Å². The van der Waals surface area contributed by atoms with Crippen molar-refractivity contribution in [2.75, 3.05) is 11.9 Å². The van der Waals surface area contributed by atoms with Gasteiger partial charge in [0.1, 0.15) is 5.75 Å². The lowest BCUT2D eigenvalue weighted by Crippen LogP contribution is -2.12. The van der Waals surface area contributed by atoms with Gasteiger partial charge in [0.05, 0.1) is 12.3 Å². The third kappa shape index (κ3) is 2.43. The first-order chi connectivity index (χ1) is 9.65. The lowest BCUT2D eigenvalue weighted by atomic mass is 10.1. The van der Waals surface area contributed by atoms with E-state index in [2.05, 4.69) is 21.2 Å². The minimum absolute atomic E-state index is 0.106. The van der Waals surface area contributed by atoms with Crippen molar-refractivity contribution in [2.45, 2.75) is 13.3 Å². The topological polar surface area (TPSA) is 38.3 Å². The number of fused-ring (bicyclic) bond motifs is 1. The van der Waals surface area contributed by atoms with E-state index in [0.717, 1.165) is 33.5 Å². The molecule has 0 aliphatic carbocycles. The van der Waals surface area contributed by atoms with Gasteiger partial charge in [-0.3, -0.25) is 4.79 Å². The lowest BCUT2D eigenvalue weighted by Gasteiger charge is -2.09. The van der Waals surface area contributed by atoms with E-state index in [1.54, 1.807) is 6.07 Å². The largest absolute Gasteiger partial charge is 0.493 e. The lowest BCUT2D eigenvalue weighted by molar-refractivity contribution is 0.102. The van der Waals surface area contributed by atoms with E-state index in [1.807, 2.05) is 37.3 Å². The molecule has 2 aromatic carbocycles. The summed E-state index contributed by atoms with van der Waals surface area (Å²) in [7, 11) is 0. The standard InChI is InChI=1S/C16H14BrNO2/c1-10-3-2-4-13(15(10)17)18-16(19)12-5-6-14-11(9-12)7-8-20-14/h2-6,9H,7-8H2,1H3,(H,18,19). The van der Waals surface area contributed by atoms with E-state index in [1.165, 1.54) is 0 Å². The predicted molar refractivity (Wildman–Crippen MR) is 82.5 cm³/mol. The zero-order chi connectivity index (χ0) is 14.1. The molecule has 0 spiro atoms. The van der Waals surface area contributed by atoms with Crippen molar-refractivity contribution in [3.63, 3.8) is 0 Å². The Labute approximate surface area is 126 Å². The second kappa shape index (κ2) is 5.29. The highest BCUT2D eigenvalue weighted by molar-refractivity contribution is 9.10. The molecule has 0 radical (unpaired) electrons. The van der Waals surface area contributed by atoms with Gasteiger partial charge in [0.25, 0.3) is 5.91 Å². The van der Waals surface area contributed by atoms with E-state index < -0.39 is 0 Å². The van der Waals surface area contributed by atoms with Gasteiger partial charge in [-0.15, -0.1) is 0 Å². The van der Waals surface area contributed by atoms with Gasteiger partial charge in [0, 0.05) is 16.5 Å². The van der Waals surface area contributed by atoms with Crippen molar-refractivity contribution in [1.29, 1.82) is 0 Å². The number of benzene rings is 2. The first-order valence-electron chi connectivity index (χ1n) is 6.47. The molecule has 0 bridgehead atoms. The SMILES string of the molecule is Cc1cccc(NC(=O)c2ccc3c(c2)CCO3)c1Br. The molecule has 1 amide bonds. The molecule has 2 aromatic rings. The van der Waals surface area contributed by atoms with E-state index >= 15 is 0 Å². The van der Waals surface area contributed by atoms with Gasteiger partial charge in [-0.05, 0) is 58.2 Å². The summed E-state index contributed by atoms with van der Waals surface area (Å²) in [5, 5.41) is 2.93. The molecule has 0 saturated heterocycles. The number of nitrogens with one attached hydrogen (secondary N) is 1. The molecule has 0 atom stereocenters. The van der Waals surface area contributed by atoms with E-state index in [9.17, 15) is 4.79 Å². The van der Waals surface area contributed by atoms with Gasteiger partial charge in [0.15, 0.2) is 0 Å². The van der Waals surface area contributed by atoms with Crippen LogP contribution in [-0.4, -0.2) is 12.5 Å². The molecular formula is C16H14BrNO2. The van der Waals surface area contributed by atoms with Crippen LogP contribution in [0.25, 0.3) is 0 Å². The molecule has 20 heavy (non-hydrogen) atoms. The molecular weight excluding hydrogens is 318 g/mol. The van der Waals surface area contributed by atoms with E-state index in [0.29, 0.717) is 12.2 Å². The zero-order valence-corrected chi connectivity index (χ0v) is 12.7. The quantitative estimate of drug-likeness (QED) is 0.904. The van der Waals surface area contributed by atoms with Crippen LogP contribution >= 0.6 is 15.9 Å². The Morgan fingerprint density at radius 1 is 1.30 bits per heavy atom. The molecule has 1 aliphatic rings. The summed E-state index contributed by atoms with van der Waals surface area (Å²) in [5.74, 6) is 0.782. The summed E-state index contributed by atoms with van der Waals surface area (Å²) in [4.78, 5) is 12.3. The normalized spacial score (nSPS) is 12.7. The van der Waals surface area contributed by atoms with Crippen LogP contribution in [0.1, 0.15) is 21.5 Å². The Balaban J connectivity index is 1.84. The molecule has 1 N–H and O–H groups in total. The first kappa shape index (κ1) is 13.2. The average Bonchev–Trinajstić information content (AvgIpc) is 2.91. The highest BCUT2D eigenvalue weighted by Gasteiger charge is 2.15. The Morgan fingerprint density at radius 3 is 3.00 bits per heavy atom. The fourth-order valence-corrected chi connectivity index (χ4v) is 2.63. The summed E-state index contributed by atoms with van der Waals surface area (Å²) in [5.41, 5.74) is 3.63. The number of rotatable bonds is 2. The fourth-order valence-electron chi connectivity index (χ4n) is 2.27. The smallest absolute Gasteiger partial charge is 0.255 e. The van der Waals surface area contributed by atoms with Crippen molar-refractivity contribution in [1.82, 2.24) is 0 Å². The minimum atomic E-state index is -0.106. The van der Waals surface area contributed by atoms with Gasteiger partial charge in [-0.1, -0.05) is 12.1 Å². The Kier molecular flexibility index (Phi) is 3.49. The minimum Gasteiger partial charge on any atom is -0.493 e. The van der Waals surface area contributed by atoms with Crippen LogP contribution in [0.15, 0.2) is 40.9 Å². The number of hydrogen-bond acceptors (Lipinski definition) is 2. The zero-order valence-electron chi connectivity index (χ0n) is 11.1. The summed E-state index contributed by atoms with van der Waals surface area (Å²) in [6.45, 7) is 2.69. The van der Waals surface area contributed by atoms with Crippen LogP contribution in [0, 0.1) is 6.92 Å². The number of ether oxygens (including phenoxy) is 1. The molecule has 3 nitrogen and oxygen atoms in total. The van der Waals surface area contributed by atoms with Gasteiger partial charge in [-0.25, -0.2) is 0 Å².